The van der Waals surface area contributed by atoms with Gasteiger partial charge >= 0.3 is 12.1 Å². The zero-order valence-corrected chi connectivity index (χ0v) is 26.3. The van der Waals surface area contributed by atoms with Crippen molar-refractivity contribution in [3.8, 4) is 11.5 Å². The summed E-state index contributed by atoms with van der Waals surface area (Å²) in [5, 5.41) is 0. The van der Waals surface area contributed by atoms with Crippen LogP contribution in [0.3, 0.4) is 0 Å². The predicted molar refractivity (Wildman–Crippen MR) is 148 cm³/mol. The van der Waals surface area contributed by atoms with Gasteiger partial charge in [0.05, 0.1) is 0 Å². The number of rotatable bonds is 9. The molecule has 3 aromatic rings. The second kappa shape index (κ2) is 14.4. The molecule has 1 aromatic heterocycles. The van der Waals surface area contributed by atoms with E-state index in [0.29, 0.717) is 17.1 Å². The first-order chi connectivity index (χ1) is 18.0. The van der Waals surface area contributed by atoms with Crippen LogP contribution in [0.1, 0.15) is 112 Å². The molecule has 7 heteroatoms. The second-order valence-electron chi connectivity index (χ2n) is 10.8. The first kappa shape index (κ1) is 32.3. The Morgan fingerprint density at radius 3 is 1.54 bits per heavy atom. The summed E-state index contributed by atoms with van der Waals surface area (Å²) < 4.78 is 18.6. The Bertz CT molecular complexity index is 1230. The van der Waals surface area contributed by atoms with Gasteiger partial charge in [-0.25, -0.2) is 9.59 Å². The summed E-state index contributed by atoms with van der Waals surface area (Å²) in [5.41, 5.74) is 4.23. The van der Waals surface area contributed by atoms with Gasteiger partial charge in [-0.05, 0) is 52.0 Å². The third-order valence-corrected chi connectivity index (χ3v) is 6.45. The van der Waals surface area contributed by atoms with Gasteiger partial charge < -0.3 is 38.2 Å². The maximum absolute atomic E-state index is 13.1. The molecule has 2 aromatic carbocycles. The lowest BCUT2D eigenvalue weighted by atomic mass is 9.94. The Morgan fingerprint density at radius 1 is 0.667 bits per heavy atom. The lowest BCUT2D eigenvalue weighted by Gasteiger charge is -2.18. The fraction of sp³-hybridized carbons (Fsp3) is 0.406. The van der Waals surface area contributed by atoms with E-state index in [1.165, 1.54) is 0 Å². The van der Waals surface area contributed by atoms with Crippen LogP contribution in [0.15, 0.2) is 60.9 Å². The van der Waals surface area contributed by atoms with Gasteiger partial charge in [-0.3, -0.25) is 0 Å². The number of nitrogens with zero attached hydrogens (tertiary/aromatic N) is 1. The molecular formula is C32H40INO5. The van der Waals surface area contributed by atoms with Crippen molar-refractivity contribution in [1.29, 1.82) is 0 Å². The van der Waals surface area contributed by atoms with Crippen LogP contribution in [0.4, 0.5) is 4.79 Å². The van der Waals surface area contributed by atoms with Crippen molar-refractivity contribution in [2.45, 2.75) is 85.8 Å². The third kappa shape index (κ3) is 8.27. The number of para-hydroxylation sites is 2. The molecule has 0 bridgehead atoms. The summed E-state index contributed by atoms with van der Waals surface area (Å²) in [4.78, 5) is 25.8. The molecule has 0 atom stereocenters. The molecule has 1 heterocycles. The number of carbonyl (C=O) groups excluding carboxylic acids is 2. The summed E-state index contributed by atoms with van der Waals surface area (Å²) in [5.74, 6) is 1.47. The fourth-order valence-corrected chi connectivity index (χ4v) is 4.32. The summed E-state index contributed by atoms with van der Waals surface area (Å²) in [6.45, 7) is 16.4. The second-order valence-corrected chi connectivity index (χ2v) is 10.8. The van der Waals surface area contributed by atoms with E-state index in [2.05, 4.69) is 55.4 Å². The Kier molecular flexibility index (Phi) is 12.0. The van der Waals surface area contributed by atoms with E-state index in [9.17, 15) is 9.59 Å². The molecule has 0 radical (unpaired) electrons. The molecule has 0 saturated heterocycles. The van der Waals surface area contributed by atoms with E-state index in [-0.39, 0.29) is 54.4 Å². The lowest BCUT2D eigenvalue weighted by Crippen LogP contribution is -3.00. The van der Waals surface area contributed by atoms with Crippen molar-refractivity contribution in [2.75, 3.05) is 0 Å². The number of benzene rings is 2. The molecule has 0 amide bonds. The van der Waals surface area contributed by atoms with E-state index < -0.39 is 12.1 Å². The minimum atomic E-state index is -0.798. The molecule has 39 heavy (non-hydrogen) atoms. The Hall–Kier alpha value is -2.94. The highest BCUT2D eigenvalue weighted by molar-refractivity contribution is 5.90. The maximum atomic E-state index is 13.1. The molecule has 0 saturated carbocycles. The Labute approximate surface area is 249 Å². The highest BCUT2D eigenvalue weighted by Crippen LogP contribution is 2.36. The van der Waals surface area contributed by atoms with E-state index >= 15 is 0 Å². The van der Waals surface area contributed by atoms with Crippen molar-refractivity contribution >= 4 is 12.1 Å². The zero-order chi connectivity index (χ0) is 28.0. The lowest BCUT2D eigenvalue weighted by molar-refractivity contribution is -0.727. The average molecular weight is 646 g/mol. The summed E-state index contributed by atoms with van der Waals surface area (Å²) >= 11 is 0. The molecule has 0 aliphatic rings. The van der Waals surface area contributed by atoms with E-state index in [1.54, 1.807) is 29.1 Å². The number of hydrogen-bond donors (Lipinski definition) is 0. The van der Waals surface area contributed by atoms with Crippen LogP contribution in [-0.2, 0) is 11.5 Å². The number of ether oxygens (including phenoxy) is 3. The zero-order valence-electron chi connectivity index (χ0n) is 24.2. The number of pyridine rings is 1. The van der Waals surface area contributed by atoms with Crippen molar-refractivity contribution in [2.24, 2.45) is 0 Å². The van der Waals surface area contributed by atoms with Crippen molar-refractivity contribution < 1.29 is 52.3 Å². The smallest absolute Gasteiger partial charge is 0.518 e. The third-order valence-electron chi connectivity index (χ3n) is 6.45. The quantitative estimate of drug-likeness (QED) is 0.109. The van der Waals surface area contributed by atoms with Crippen molar-refractivity contribution in [3.63, 3.8) is 0 Å². The largest absolute Gasteiger partial charge is 1.00 e. The first-order valence-corrected chi connectivity index (χ1v) is 13.3. The van der Waals surface area contributed by atoms with Gasteiger partial charge in [0.15, 0.2) is 12.4 Å². The monoisotopic (exact) mass is 645 g/mol. The van der Waals surface area contributed by atoms with E-state index in [4.69, 9.17) is 14.2 Å². The number of hydrogen-bond acceptors (Lipinski definition) is 5. The van der Waals surface area contributed by atoms with Gasteiger partial charge in [-0.15, -0.1) is 0 Å². The average Bonchev–Trinajstić information content (AvgIpc) is 2.87. The van der Waals surface area contributed by atoms with Crippen LogP contribution in [0.2, 0.25) is 0 Å². The molecule has 0 N–H and O–H groups in total. The highest BCUT2D eigenvalue weighted by atomic mass is 127. The van der Waals surface area contributed by atoms with Gasteiger partial charge in [0.1, 0.15) is 17.1 Å². The molecular weight excluding hydrogens is 605 g/mol. The number of esters is 1. The molecule has 210 valence electrons. The van der Waals surface area contributed by atoms with Crippen LogP contribution in [0.25, 0.3) is 0 Å². The van der Waals surface area contributed by atoms with Crippen LogP contribution < -0.4 is 38.0 Å². The number of halogens is 1. The Morgan fingerprint density at radius 2 is 1.10 bits per heavy atom. The van der Waals surface area contributed by atoms with Gasteiger partial charge in [0.2, 0.25) is 0 Å². The molecule has 6 nitrogen and oxygen atoms in total. The van der Waals surface area contributed by atoms with Gasteiger partial charge in [-0.1, -0.05) is 91.8 Å². The summed E-state index contributed by atoms with van der Waals surface area (Å²) in [6, 6.07) is 15.3. The van der Waals surface area contributed by atoms with Crippen LogP contribution in [0.5, 0.6) is 11.5 Å². The van der Waals surface area contributed by atoms with Crippen molar-refractivity contribution in [3.05, 3.63) is 88.7 Å². The van der Waals surface area contributed by atoms with Gasteiger partial charge in [0.25, 0.3) is 6.73 Å². The van der Waals surface area contributed by atoms with Crippen LogP contribution in [-0.4, -0.2) is 12.1 Å². The van der Waals surface area contributed by atoms with Crippen LogP contribution >= 0.6 is 0 Å². The normalized spacial score (nSPS) is 11.1. The summed E-state index contributed by atoms with van der Waals surface area (Å²) in [6.07, 6.45) is 2.52. The van der Waals surface area contributed by atoms with Gasteiger partial charge in [-0.2, -0.15) is 4.57 Å². The van der Waals surface area contributed by atoms with Crippen molar-refractivity contribution in [1.82, 2.24) is 0 Å². The molecule has 0 spiro atoms. The topological polar surface area (TPSA) is 65.7 Å². The minimum absolute atomic E-state index is 0. The maximum Gasteiger partial charge on any atom is 0.518 e. The van der Waals surface area contributed by atoms with Crippen LogP contribution in [0, 0.1) is 0 Å². The fourth-order valence-electron chi connectivity index (χ4n) is 4.32. The van der Waals surface area contributed by atoms with E-state index in [0.717, 1.165) is 22.3 Å². The van der Waals surface area contributed by atoms with E-state index in [1.807, 2.05) is 36.4 Å². The standard InChI is InChI=1S/C32H40NO5.HI/c1-20(2)25-13-9-14-26(21(3)4)29(25)37-31(34)24-12-11-17-33(18-24)19-36-32(35)38-30-27(22(5)6)15-10-16-28(30)23(7)8;/h9-18,20-23H,19H2,1-8H3;1H/q+1;/p-1. The molecule has 0 aliphatic carbocycles. The molecule has 0 aliphatic heterocycles. The predicted octanol–water partition coefficient (Wildman–Crippen LogP) is 4.86. The minimum Gasteiger partial charge on any atom is -1.00 e. The van der Waals surface area contributed by atoms with Gasteiger partial charge in [0, 0.05) is 6.07 Å². The molecule has 3 rings (SSSR count). The summed E-state index contributed by atoms with van der Waals surface area (Å²) in [7, 11) is 0. The SMILES string of the molecule is CC(C)c1cccc(C(C)C)c1OC(=O)OC[n+]1cccc(C(=O)Oc2c(C(C)C)cccc2C(C)C)c1.[I-]. The molecule has 0 unspecified atom stereocenters. The number of aromatic nitrogens is 1. The molecule has 0 fully saturated rings. The Balaban J connectivity index is 0.00000533. The first-order valence-electron chi connectivity index (χ1n) is 13.3. The number of carbonyl (C=O) groups is 2. The highest BCUT2D eigenvalue weighted by Gasteiger charge is 2.22.